The van der Waals surface area contributed by atoms with Gasteiger partial charge >= 0.3 is 0 Å². The zero-order chi connectivity index (χ0) is 9.26. The van der Waals surface area contributed by atoms with Gasteiger partial charge < -0.3 is 16.4 Å². The molecule has 0 radical (unpaired) electrons. The lowest BCUT2D eigenvalue weighted by Gasteiger charge is -2.16. The van der Waals surface area contributed by atoms with Crippen LogP contribution < -0.4 is 16.4 Å². The van der Waals surface area contributed by atoms with Crippen molar-refractivity contribution >= 4 is 17.6 Å². The van der Waals surface area contributed by atoms with Crippen LogP contribution in [0.15, 0.2) is 6.07 Å². The summed E-state index contributed by atoms with van der Waals surface area (Å²) >= 11 is 0. The number of rotatable bonds is 1. The molecule has 70 valence electrons. The van der Waals surface area contributed by atoms with Crippen LogP contribution >= 0.6 is 0 Å². The van der Waals surface area contributed by atoms with Crippen molar-refractivity contribution in [2.45, 2.75) is 12.8 Å². The average molecular weight is 179 g/mol. The van der Waals surface area contributed by atoms with Gasteiger partial charge in [-0.15, -0.1) is 0 Å². The Hall–Kier alpha value is -1.52. The van der Waals surface area contributed by atoms with E-state index in [1.807, 2.05) is 0 Å². The minimum Gasteiger partial charge on any atom is -0.383 e. The average Bonchev–Trinajstić information content (AvgIpc) is 2.53. The fourth-order valence-electron chi connectivity index (χ4n) is 1.58. The van der Waals surface area contributed by atoms with Gasteiger partial charge in [0.1, 0.15) is 11.6 Å². The standard InChI is InChI=1S/C8H13N5/c9-6-5-7(12-8(10)11-6)13-3-1-2-4-13/h5H,1-4H2,(H4,9,10,11,12). The Morgan fingerprint density at radius 2 is 1.85 bits per heavy atom. The second-order valence-electron chi connectivity index (χ2n) is 3.20. The molecule has 1 saturated heterocycles. The molecule has 0 spiro atoms. The van der Waals surface area contributed by atoms with Crippen LogP contribution in [0.3, 0.4) is 0 Å². The Labute approximate surface area is 76.8 Å². The van der Waals surface area contributed by atoms with Crippen molar-refractivity contribution in [3.63, 3.8) is 0 Å². The molecule has 1 fully saturated rings. The van der Waals surface area contributed by atoms with Crippen LogP contribution in [-0.2, 0) is 0 Å². The quantitative estimate of drug-likeness (QED) is 0.645. The predicted molar refractivity (Wildman–Crippen MR) is 52.3 cm³/mol. The molecule has 5 nitrogen and oxygen atoms in total. The zero-order valence-corrected chi connectivity index (χ0v) is 7.40. The number of aromatic nitrogens is 2. The fourth-order valence-corrected chi connectivity index (χ4v) is 1.58. The molecule has 4 N–H and O–H groups in total. The van der Waals surface area contributed by atoms with Gasteiger partial charge in [0.15, 0.2) is 0 Å². The van der Waals surface area contributed by atoms with Crippen LogP contribution in [0.5, 0.6) is 0 Å². The summed E-state index contributed by atoms with van der Waals surface area (Å²) in [5, 5.41) is 0. The van der Waals surface area contributed by atoms with Crippen LogP contribution in [-0.4, -0.2) is 23.1 Å². The zero-order valence-electron chi connectivity index (χ0n) is 7.40. The summed E-state index contributed by atoms with van der Waals surface area (Å²) in [6.45, 7) is 2.08. The lowest BCUT2D eigenvalue weighted by atomic mass is 10.4. The number of nitrogens with two attached hydrogens (primary N) is 2. The third kappa shape index (κ3) is 1.63. The van der Waals surface area contributed by atoms with Crippen molar-refractivity contribution in [2.24, 2.45) is 0 Å². The second-order valence-corrected chi connectivity index (χ2v) is 3.20. The molecular formula is C8H13N5. The molecular weight excluding hydrogens is 166 g/mol. The van der Waals surface area contributed by atoms with Gasteiger partial charge in [-0.2, -0.15) is 9.97 Å². The number of nitrogens with zero attached hydrogens (tertiary/aromatic N) is 3. The van der Waals surface area contributed by atoms with E-state index >= 15 is 0 Å². The summed E-state index contributed by atoms with van der Waals surface area (Å²) in [5.74, 6) is 1.54. The van der Waals surface area contributed by atoms with E-state index in [1.54, 1.807) is 6.07 Å². The molecule has 0 amide bonds. The van der Waals surface area contributed by atoms with Crippen molar-refractivity contribution in [1.82, 2.24) is 9.97 Å². The Kier molecular flexibility index (Phi) is 1.92. The molecule has 1 aromatic heterocycles. The molecule has 2 rings (SSSR count). The molecule has 0 atom stereocenters. The SMILES string of the molecule is Nc1cc(N2CCCC2)nc(N)n1. The summed E-state index contributed by atoms with van der Waals surface area (Å²) < 4.78 is 0. The van der Waals surface area contributed by atoms with Crippen molar-refractivity contribution in [3.05, 3.63) is 6.07 Å². The van der Waals surface area contributed by atoms with Gasteiger partial charge in [0.2, 0.25) is 5.95 Å². The van der Waals surface area contributed by atoms with Crippen LogP contribution in [0.2, 0.25) is 0 Å². The van der Waals surface area contributed by atoms with Crippen molar-refractivity contribution in [1.29, 1.82) is 0 Å². The Morgan fingerprint density at radius 1 is 1.15 bits per heavy atom. The first-order valence-electron chi connectivity index (χ1n) is 4.41. The summed E-state index contributed by atoms with van der Waals surface area (Å²) in [6, 6.07) is 1.77. The smallest absolute Gasteiger partial charge is 0.223 e. The number of hydrogen-bond donors (Lipinski definition) is 2. The first-order chi connectivity index (χ1) is 6.25. The van der Waals surface area contributed by atoms with Crippen LogP contribution in [0, 0.1) is 0 Å². The van der Waals surface area contributed by atoms with E-state index in [-0.39, 0.29) is 5.95 Å². The van der Waals surface area contributed by atoms with Crippen LogP contribution in [0.25, 0.3) is 0 Å². The minimum absolute atomic E-state index is 0.252. The van der Waals surface area contributed by atoms with Crippen molar-refractivity contribution in [2.75, 3.05) is 29.5 Å². The van der Waals surface area contributed by atoms with E-state index in [0.717, 1.165) is 18.9 Å². The van der Waals surface area contributed by atoms with Gasteiger partial charge in [-0.1, -0.05) is 0 Å². The first-order valence-corrected chi connectivity index (χ1v) is 4.41. The molecule has 0 bridgehead atoms. The molecule has 1 aliphatic rings. The number of hydrogen-bond acceptors (Lipinski definition) is 5. The molecule has 5 heteroatoms. The molecule has 0 unspecified atom stereocenters. The molecule has 0 aromatic carbocycles. The van der Waals surface area contributed by atoms with Crippen LogP contribution in [0.1, 0.15) is 12.8 Å². The maximum atomic E-state index is 5.57. The van der Waals surface area contributed by atoms with Gasteiger partial charge in [0.05, 0.1) is 0 Å². The maximum absolute atomic E-state index is 5.57. The normalized spacial score (nSPS) is 16.5. The molecule has 0 saturated carbocycles. The first kappa shape index (κ1) is 8.10. The summed E-state index contributed by atoms with van der Waals surface area (Å²) in [7, 11) is 0. The second kappa shape index (κ2) is 3.08. The van der Waals surface area contributed by atoms with E-state index in [1.165, 1.54) is 12.8 Å². The van der Waals surface area contributed by atoms with Crippen molar-refractivity contribution < 1.29 is 0 Å². The van der Waals surface area contributed by atoms with E-state index in [2.05, 4.69) is 14.9 Å². The highest BCUT2D eigenvalue weighted by atomic mass is 15.2. The molecule has 1 aromatic rings. The van der Waals surface area contributed by atoms with E-state index < -0.39 is 0 Å². The van der Waals surface area contributed by atoms with Gasteiger partial charge in [0, 0.05) is 19.2 Å². The molecule has 2 heterocycles. The monoisotopic (exact) mass is 179 g/mol. The third-order valence-electron chi connectivity index (χ3n) is 2.18. The Morgan fingerprint density at radius 3 is 2.46 bits per heavy atom. The highest BCUT2D eigenvalue weighted by Gasteiger charge is 2.14. The highest BCUT2D eigenvalue weighted by Crippen LogP contribution is 2.19. The summed E-state index contributed by atoms with van der Waals surface area (Å²) in [5.41, 5.74) is 11.1. The molecule has 13 heavy (non-hydrogen) atoms. The van der Waals surface area contributed by atoms with Crippen LogP contribution in [0.4, 0.5) is 17.6 Å². The topological polar surface area (TPSA) is 81.1 Å². The summed E-state index contributed by atoms with van der Waals surface area (Å²) in [4.78, 5) is 10.1. The highest BCUT2D eigenvalue weighted by molar-refractivity contribution is 5.50. The largest absolute Gasteiger partial charge is 0.383 e. The third-order valence-corrected chi connectivity index (χ3v) is 2.18. The lowest BCUT2D eigenvalue weighted by molar-refractivity contribution is 0.932. The van der Waals surface area contributed by atoms with E-state index in [0.29, 0.717) is 5.82 Å². The molecule has 0 aliphatic carbocycles. The lowest BCUT2D eigenvalue weighted by Crippen LogP contribution is -2.20. The Bertz CT molecular complexity index is 285. The van der Waals surface area contributed by atoms with Gasteiger partial charge in [-0.3, -0.25) is 0 Å². The Balaban J connectivity index is 2.28. The fraction of sp³-hybridized carbons (Fsp3) is 0.500. The van der Waals surface area contributed by atoms with E-state index in [4.69, 9.17) is 11.5 Å². The van der Waals surface area contributed by atoms with Gasteiger partial charge in [-0.05, 0) is 12.8 Å². The maximum Gasteiger partial charge on any atom is 0.223 e. The van der Waals surface area contributed by atoms with Crippen molar-refractivity contribution in [3.8, 4) is 0 Å². The van der Waals surface area contributed by atoms with E-state index in [9.17, 15) is 0 Å². The van der Waals surface area contributed by atoms with Gasteiger partial charge in [0.25, 0.3) is 0 Å². The number of anilines is 3. The molecule has 1 aliphatic heterocycles. The predicted octanol–water partition coefficient (Wildman–Crippen LogP) is 0.241. The summed E-state index contributed by atoms with van der Waals surface area (Å²) in [6.07, 6.45) is 2.42. The van der Waals surface area contributed by atoms with Gasteiger partial charge in [-0.25, -0.2) is 0 Å². The number of nitrogen functional groups attached to an aromatic ring is 2. The minimum atomic E-state index is 0.252.